The van der Waals surface area contributed by atoms with Crippen molar-refractivity contribution in [3.63, 3.8) is 0 Å². The predicted octanol–water partition coefficient (Wildman–Crippen LogP) is 0.713. The Bertz CT molecular complexity index is 310. The van der Waals surface area contributed by atoms with Gasteiger partial charge < -0.3 is 9.24 Å². The zero-order chi connectivity index (χ0) is 9.84. The minimum atomic E-state index is -0.0365. The van der Waals surface area contributed by atoms with Crippen molar-refractivity contribution in [2.75, 3.05) is 6.16 Å². The van der Waals surface area contributed by atoms with E-state index in [1.54, 1.807) is 18.2 Å². The molecule has 1 aromatic rings. The SMILES string of the molecule is O=C(CC[PH-])c1c(Cl)cccc1Cl.[Li+]. The van der Waals surface area contributed by atoms with Crippen molar-refractivity contribution in [3.05, 3.63) is 33.8 Å². The van der Waals surface area contributed by atoms with Gasteiger partial charge in [-0.15, -0.1) is 0 Å². The van der Waals surface area contributed by atoms with Crippen molar-refractivity contribution < 1.29 is 23.7 Å². The summed E-state index contributed by atoms with van der Waals surface area (Å²) >= 11 is 11.7. The summed E-state index contributed by atoms with van der Waals surface area (Å²) in [6, 6.07) is 5.04. The Morgan fingerprint density at radius 3 is 2.21 bits per heavy atom. The average Bonchev–Trinajstić information content (AvgIpc) is 2.04. The molecule has 0 unspecified atom stereocenters. The summed E-state index contributed by atoms with van der Waals surface area (Å²) in [6.07, 6.45) is 1.01. The number of hydrogen-bond acceptors (Lipinski definition) is 1. The van der Waals surface area contributed by atoms with E-state index in [1.807, 2.05) is 0 Å². The van der Waals surface area contributed by atoms with Crippen LogP contribution in [0.15, 0.2) is 18.2 Å². The maximum Gasteiger partial charge on any atom is 1.00 e. The molecule has 0 radical (unpaired) electrons. The molecule has 0 spiro atoms. The van der Waals surface area contributed by atoms with Crippen molar-refractivity contribution in [2.45, 2.75) is 6.42 Å². The minimum Gasteiger partial charge on any atom is -0.558 e. The number of Topliss-reactive ketones (excluding diaryl/α,β-unsaturated/α-hetero) is 1. The topological polar surface area (TPSA) is 17.1 Å². The maximum absolute atomic E-state index is 11.5. The molecule has 0 amide bonds. The van der Waals surface area contributed by atoms with Gasteiger partial charge in [0.2, 0.25) is 0 Å². The Morgan fingerprint density at radius 2 is 1.79 bits per heavy atom. The summed E-state index contributed by atoms with van der Waals surface area (Å²) in [4.78, 5) is 11.5. The van der Waals surface area contributed by atoms with Crippen LogP contribution < -0.4 is 18.9 Å². The molecular weight excluding hydrogens is 233 g/mol. The van der Waals surface area contributed by atoms with E-state index >= 15 is 0 Å². The molecule has 0 saturated heterocycles. The zero-order valence-corrected chi connectivity index (χ0v) is 10.3. The molecule has 70 valence electrons. The summed E-state index contributed by atoms with van der Waals surface area (Å²) in [5, 5.41) is 0.829. The molecule has 0 saturated carbocycles. The van der Waals surface area contributed by atoms with Crippen LogP contribution in [0.4, 0.5) is 0 Å². The number of halogens is 2. The fourth-order valence-corrected chi connectivity index (χ4v) is 1.84. The van der Waals surface area contributed by atoms with E-state index in [2.05, 4.69) is 9.24 Å². The van der Waals surface area contributed by atoms with Crippen LogP contribution in [-0.2, 0) is 0 Å². The number of carbonyl (C=O) groups excluding carboxylic acids is 1. The third-order valence-corrected chi connectivity index (χ3v) is 2.47. The van der Waals surface area contributed by atoms with E-state index in [-0.39, 0.29) is 24.6 Å². The Kier molecular flexibility index (Phi) is 7.13. The smallest absolute Gasteiger partial charge is 0.558 e. The van der Waals surface area contributed by atoms with E-state index in [0.717, 1.165) is 0 Å². The molecule has 0 aliphatic rings. The van der Waals surface area contributed by atoms with Gasteiger partial charge in [-0.1, -0.05) is 29.3 Å². The second-order valence-corrected chi connectivity index (χ2v) is 3.83. The van der Waals surface area contributed by atoms with E-state index in [0.29, 0.717) is 28.2 Å². The summed E-state index contributed by atoms with van der Waals surface area (Å²) in [7, 11) is 3.24. The molecule has 0 fully saturated rings. The Balaban J connectivity index is 0.00000169. The molecule has 0 aliphatic carbocycles. The van der Waals surface area contributed by atoms with E-state index in [1.165, 1.54) is 0 Å². The molecule has 5 heteroatoms. The summed E-state index contributed by atoms with van der Waals surface area (Å²) in [5.41, 5.74) is 0.420. The van der Waals surface area contributed by atoms with Crippen LogP contribution in [-0.4, -0.2) is 11.9 Å². The normalized spacial score (nSPS) is 9.36. The average molecular weight is 241 g/mol. The summed E-state index contributed by atoms with van der Waals surface area (Å²) in [5.74, 6) is -0.0365. The molecule has 0 aromatic heterocycles. The Labute approximate surface area is 108 Å². The van der Waals surface area contributed by atoms with Crippen molar-refractivity contribution >= 4 is 38.2 Å². The zero-order valence-electron chi connectivity index (χ0n) is 7.81. The second-order valence-electron chi connectivity index (χ2n) is 2.52. The standard InChI is InChI=1S/C9H8Cl2OP.Li/c10-6-2-1-3-7(11)9(6)8(12)4-5-13;/h1-3,13H,4-5H2;/q-1;+1. The number of benzene rings is 1. The molecule has 14 heavy (non-hydrogen) atoms. The molecule has 1 aromatic carbocycles. The third kappa shape index (κ3) is 3.57. The molecule has 1 rings (SSSR count). The number of ketones is 1. The fraction of sp³-hybridized carbons (Fsp3) is 0.222. The number of hydrogen-bond donors (Lipinski definition) is 0. The van der Waals surface area contributed by atoms with Crippen LogP contribution in [0.5, 0.6) is 0 Å². The van der Waals surface area contributed by atoms with Gasteiger partial charge in [-0.3, -0.25) is 4.79 Å². The second kappa shape index (κ2) is 6.89. The number of carbonyl (C=O) groups is 1. The van der Waals surface area contributed by atoms with Crippen LogP contribution in [0, 0.1) is 0 Å². The van der Waals surface area contributed by atoms with E-state index in [9.17, 15) is 4.79 Å². The Hall–Kier alpha value is 0.497. The molecule has 0 bridgehead atoms. The molecule has 0 aliphatic heterocycles. The maximum atomic E-state index is 11.5. The van der Waals surface area contributed by atoms with Crippen LogP contribution in [0.3, 0.4) is 0 Å². The fourth-order valence-electron chi connectivity index (χ4n) is 1.00. The van der Waals surface area contributed by atoms with Crippen LogP contribution in [0.2, 0.25) is 10.0 Å². The van der Waals surface area contributed by atoms with Gasteiger partial charge in [-0.2, -0.15) is 6.16 Å². The first kappa shape index (κ1) is 14.5. The van der Waals surface area contributed by atoms with Gasteiger partial charge in [0.05, 0.1) is 15.6 Å². The third-order valence-electron chi connectivity index (χ3n) is 1.59. The molecule has 1 nitrogen and oxygen atoms in total. The number of rotatable bonds is 3. The van der Waals surface area contributed by atoms with Gasteiger partial charge >= 0.3 is 18.9 Å². The molecule has 0 heterocycles. The van der Waals surface area contributed by atoms with Crippen LogP contribution in [0.25, 0.3) is 0 Å². The van der Waals surface area contributed by atoms with Crippen LogP contribution in [0.1, 0.15) is 16.8 Å². The van der Waals surface area contributed by atoms with Crippen molar-refractivity contribution in [1.29, 1.82) is 0 Å². The first-order valence-electron chi connectivity index (χ1n) is 3.78. The van der Waals surface area contributed by atoms with E-state index in [4.69, 9.17) is 23.2 Å². The van der Waals surface area contributed by atoms with E-state index < -0.39 is 0 Å². The van der Waals surface area contributed by atoms with Gasteiger partial charge in [-0.05, 0) is 18.6 Å². The van der Waals surface area contributed by atoms with Gasteiger partial charge in [0, 0.05) is 0 Å². The van der Waals surface area contributed by atoms with Gasteiger partial charge in [0.1, 0.15) is 0 Å². The first-order chi connectivity index (χ1) is 6.16. The van der Waals surface area contributed by atoms with Crippen molar-refractivity contribution in [2.24, 2.45) is 0 Å². The van der Waals surface area contributed by atoms with Gasteiger partial charge in [0.15, 0.2) is 5.78 Å². The van der Waals surface area contributed by atoms with Crippen LogP contribution >= 0.6 is 32.4 Å². The van der Waals surface area contributed by atoms with Gasteiger partial charge in [0.25, 0.3) is 0 Å². The monoisotopic (exact) mass is 240 g/mol. The first-order valence-corrected chi connectivity index (χ1v) is 5.25. The largest absolute Gasteiger partial charge is 1.00 e. The predicted molar refractivity (Wildman–Crippen MR) is 58.6 cm³/mol. The molecular formula is C9H8Cl2LiOP. The van der Waals surface area contributed by atoms with Gasteiger partial charge in [-0.25, -0.2) is 0 Å². The summed E-state index contributed by atoms with van der Waals surface area (Å²) < 4.78 is 0. The summed E-state index contributed by atoms with van der Waals surface area (Å²) in [6.45, 7) is 0. The molecule has 0 atom stereocenters. The minimum absolute atomic E-state index is 0. The van der Waals surface area contributed by atoms with Crippen molar-refractivity contribution in [1.82, 2.24) is 0 Å². The Morgan fingerprint density at radius 1 is 1.29 bits per heavy atom. The molecule has 0 N–H and O–H groups in total. The van der Waals surface area contributed by atoms with Crippen molar-refractivity contribution in [3.8, 4) is 0 Å². The quantitative estimate of drug-likeness (QED) is 0.432.